The first-order valence-corrected chi connectivity index (χ1v) is 6.53. The summed E-state index contributed by atoms with van der Waals surface area (Å²) >= 11 is 0. The van der Waals surface area contributed by atoms with Crippen LogP contribution in [0, 0.1) is 0 Å². The molecule has 0 unspecified atom stereocenters. The predicted octanol–water partition coefficient (Wildman–Crippen LogP) is 0.935. The second kappa shape index (κ2) is 8.80. The Balaban J connectivity index is 2.41. The molecular weight excluding hydrogens is 278 g/mol. The van der Waals surface area contributed by atoms with Crippen molar-refractivity contribution in [2.24, 2.45) is 0 Å². The fourth-order valence-electron chi connectivity index (χ4n) is 1.69. The number of carboxylic acids is 2. The maximum absolute atomic E-state index is 10.6. The molecule has 0 saturated carbocycles. The number of rotatable bonds is 10. The lowest BCUT2D eigenvalue weighted by atomic mass is 10.3. The number of carboxylic acid groups (broad SMARTS) is 2. The molecule has 0 spiro atoms. The van der Waals surface area contributed by atoms with Crippen LogP contribution in [0.4, 0.5) is 0 Å². The molecule has 0 amide bonds. The molecule has 0 saturated heterocycles. The molecule has 0 fully saturated rings. The highest BCUT2D eigenvalue weighted by Crippen LogP contribution is 2.17. The fraction of sp³-hybridized carbons (Fsp3) is 0.429. The van der Waals surface area contributed by atoms with Gasteiger partial charge in [0, 0.05) is 6.54 Å². The van der Waals surface area contributed by atoms with Crippen LogP contribution < -0.4 is 9.47 Å². The Labute approximate surface area is 122 Å². The average molecular weight is 297 g/mol. The summed E-state index contributed by atoms with van der Waals surface area (Å²) in [5.41, 5.74) is 0. The van der Waals surface area contributed by atoms with E-state index >= 15 is 0 Å². The first-order chi connectivity index (χ1) is 10.0. The van der Waals surface area contributed by atoms with Gasteiger partial charge in [-0.25, -0.2) is 0 Å². The first-order valence-electron chi connectivity index (χ1n) is 6.53. The Morgan fingerprint density at radius 1 is 1.00 bits per heavy atom. The SMILES string of the molecule is CCOc1ccc(OCCN(CC(=O)O)CC(=O)O)cc1. The zero-order chi connectivity index (χ0) is 15.7. The van der Waals surface area contributed by atoms with Crippen molar-refractivity contribution < 1.29 is 29.3 Å². The molecule has 2 N–H and O–H groups in total. The summed E-state index contributed by atoms with van der Waals surface area (Å²) in [5, 5.41) is 17.4. The smallest absolute Gasteiger partial charge is 0.317 e. The van der Waals surface area contributed by atoms with Gasteiger partial charge in [-0.15, -0.1) is 0 Å². The molecule has 0 aliphatic heterocycles. The molecule has 0 aromatic heterocycles. The number of carbonyl (C=O) groups is 2. The molecule has 1 aromatic carbocycles. The summed E-state index contributed by atoms with van der Waals surface area (Å²) < 4.78 is 10.7. The molecule has 116 valence electrons. The van der Waals surface area contributed by atoms with Crippen molar-refractivity contribution in [3.8, 4) is 11.5 Å². The van der Waals surface area contributed by atoms with E-state index < -0.39 is 11.9 Å². The number of hydrogen-bond acceptors (Lipinski definition) is 5. The number of benzene rings is 1. The second-order valence-corrected chi connectivity index (χ2v) is 4.25. The Morgan fingerprint density at radius 3 is 1.90 bits per heavy atom. The van der Waals surface area contributed by atoms with Gasteiger partial charge in [0.05, 0.1) is 19.7 Å². The quantitative estimate of drug-likeness (QED) is 0.663. The van der Waals surface area contributed by atoms with Crippen LogP contribution in [0.25, 0.3) is 0 Å². The molecule has 0 radical (unpaired) electrons. The van der Waals surface area contributed by atoms with Gasteiger partial charge in [-0.2, -0.15) is 0 Å². The average Bonchev–Trinajstić information content (AvgIpc) is 2.39. The lowest BCUT2D eigenvalue weighted by Crippen LogP contribution is -2.37. The molecule has 7 nitrogen and oxygen atoms in total. The van der Waals surface area contributed by atoms with E-state index in [0.29, 0.717) is 12.4 Å². The monoisotopic (exact) mass is 297 g/mol. The van der Waals surface area contributed by atoms with Gasteiger partial charge in [-0.05, 0) is 31.2 Å². The van der Waals surface area contributed by atoms with Crippen molar-refractivity contribution in [3.63, 3.8) is 0 Å². The van der Waals surface area contributed by atoms with E-state index in [1.807, 2.05) is 6.92 Å². The molecule has 7 heteroatoms. The predicted molar refractivity (Wildman–Crippen MR) is 74.8 cm³/mol. The van der Waals surface area contributed by atoms with Crippen molar-refractivity contribution in [1.82, 2.24) is 4.90 Å². The Bertz CT molecular complexity index is 443. The van der Waals surface area contributed by atoms with Gasteiger partial charge < -0.3 is 19.7 Å². The highest BCUT2D eigenvalue weighted by Gasteiger charge is 2.13. The van der Waals surface area contributed by atoms with Crippen LogP contribution in [0.15, 0.2) is 24.3 Å². The van der Waals surface area contributed by atoms with Gasteiger partial charge in [-0.1, -0.05) is 0 Å². The number of aliphatic carboxylic acids is 2. The van der Waals surface area contributed by atoms with E-state index in [-0.39, 0.29) is 26.2 Å². The molecular formula is C14H19NO6. The van der Waals surface area contributed by atoms with E-state index in [4.69, 9.17) is 19.7 Å². The zero-order valence-electron chi connectivity index (χ0n) is 11.8. The first kappa shape index (κ1) is 16.8. The Kier molecular flexibility index (Phi) is 7.03. The third-order valence-corrected chi connectivity index (χ3v) is 2.53. The summed E-state index contributed by atoms with van der Waals surface area (Å²) in [6.45, 7) is 2.22. The van der Waals surface area contributed by atoms with Crippen LogP contribution in [-0.2, 0) is 9.59 Å². The summed E-state index contributed by atoms with van der Waals surface area (Å²) in [6.07, 6.45) is 0. The maximum Gasteiger partial charge on any atom is 0.317 e. The fourth-order valence-corrected chi connectivity index (χ4v) is 1.69. The van der Waals surface area contributed by atoms with E-state index in [0.717, 1.165) is 5.75 Å². The lowest BCUT2D eigenvalue weighted by Gasteiger charge is -2.18. The highest BCUT2D eigenvalue weighted by molar-refractivity contribution is 5.72. The van der Waals surface area contributed by atoms with Gasteiger partial charge in [0.15, 0.2) is 0 Å². The topological polar surface area (TPSA) is 96.3 Å². The van der Waals surface area contributed by atoms with Crippen molar-refractivity contribution in [3.05, 3.63) is 24.3 Å². The van der Waals surface area contributed by atoms with Crippen molar-refractivity contribution in [2.45, 2.75) is 6.92 Å². The van der Waals surface area contributed by atoms with Crippen LogP contribution in [0.1, 0.15) is 6.92 Å². The summed E-state index contributed by atoms with van der Waals surface area (Å²) in [4.78, 5) is 22.6. The standard InChI is InChI=1S/C14H19NO6/c1-2-20-11-3-5-12(6-4-11)21-8-7-15(9-13(16)17)10-14(18)19/h3-6H,2,7-10H2,1H3,(H,16,17)(H,18,19). The molecule has 1 aromatic rings. The molecule has 0 aliphatic rings. The Morgan fingerprint density at radius 2 is 1.48 bits per heavy atom. The van der Waals surface area contributed by atoms with Gasteiger partial charge in [0.1, 0.15) is 18.1 Å². The zero-order valence-corrected chi connectivity index (χ0v) is 11.8. The minimum absolute atomic E-state index is 0.203. The minimum atomic E-state index is -1.07. The number of nitrogens with zero attached hydrogens (tertiary/aromatic N) is 1. The summed E-state index contributed by atoms with van der Waals surface area (Å²) in [6, 6.07) is 7.02. The largest absolute Gasteiger partial charge is 0.494 e. The lowest BCUT2D eigenvalue weighted by molar-refractivity contribution is -0.141. The molecule has 0 heterocycles. The molecule has 21 heavy (non-hydrogen) atoms. The minimum Gasteiger partial charge on any atom is -0.494 e. The number of hydrogen-bond donors (Lipinski definition) is 2. The highest BCUT2D eigenvalue weighted by atomic mass is 16.5. The normalized spacial score (nSPS) is 10.4. The van der Waals surface area contributed by atoms with E-state index in [1.54, 1.807) is 24.3 Å². The molecule has 0 bridgehead atoms. The third kappa shape index (κ3) is 7.17. The van der Waals surface area contributed by atoms with Gasteiger partial charge in [0.2, 0.25) is 0 Å². The molecule has 0 aliphatic carbocycles. The van der Waals surface area contributed by atoms with Gasteiger partial charge >= 0.3 is 11.9 Å². The number of ether oxygens (including phenoxy) is 2. The van der Waals surface area contributed by atoms with Crippen molar-refractivity contribution in [2.75, 3.05) is 32.8 Å². The van der Waals surface area contributed by atoms with Gasteiger partial charge in [0.25, 0.3) is 0 Å². The second-order valence-electron chi connectivity index (χ2n) is 4.25. The molecule has 0 atom stereocenters. The van der Waals surface area contributed by atoms with Crippen molar-refractivity contribution >= 4 is 11.9 Å². The van der Waals surface area contributed by atoms with E-state index in [9.17, 15) is 9.59 Å². The third-order valence-electron chi connectivity index (χ3n) is 2.53. The summed E-state index contributed by atoms with van der Waals surface area (Å²) in [5.74, 6) is -0.790. The van der Waals surface area contributed by atoms with Crippen LogP contribution in [0.5, 0.6) is 11.5 Å². The van der Waals surface area contributed by atoms with Crippen LogP contribution in [0.2, 0.25) is 0 Å². The molecule has 1 rings (SSSR count). The van der Waals surface area contributed by atoms with E-state index in [1.165, 1.54) is 4.90 Å². The Hall–Kier alpha value is -2.28. The van der Waals surface area contributed by atoms with Crippen LogP contribution in [-0.4, -0.2) is 59.9 Å². The van der Waals surface area contributed by atoms with Crippen LogP contribution in [0.3, 0.4) is 0 Å². The van der Waals surface area contributed by atoms with Gasteiger partial charge in [-0.3, -0.25) is 14.5 Å². The van der Waals surface area contributed by atoms with E-state index in [2.05, 4.69) is 0 Å². The van der Waals surface area contributed by atoms with Crippen LogP contribution >= 0.6 is 0 Å². The summed E-state index contributed by atoms with van der Waals surface area (Å²) in [7, 11) is 0. The maximum atomic E-state index is 10.6. The van der Waals surface area contributed by atoms with Crippen molar-refractivity contribution in [1.29, 1.82) is 0 Å².